The lowest BCUT2D eigenvalue weighted by molar-refractivity contribution is -0.113. The van der Waals surface area contributed by atoms with Crippen molar-refractivity contribution in [1.82, 2.24) is 4.98 Å². The number of anilines is 1. The fraction of sp³-hybridized carbons (Fsp3) is 0.286. The Morgan fingerprint density at radius 3 is 3.00 bits per heavy atom. The molecule has 2 rings (SSSR count). The molecule has 0 bridgehead atoms. The van der Waals surface area contributed by atoms with Crippen LogP contribution in [0.5, 0.6) is 5.75 Å². The highest BCUT2D eigenvalue weighted by Gasteiger charge is 2.11. The van der Waals surface area contributed by atoms with Crippen LogP contribution in [-0.4, -0.2) is 30.0 Å². The van der Waals surface area contributed by atoms with Gasteiger partial charge in [0.2, 0.25) is 5.91 Å². The number of amides is 1. The first-order valence-electron chi connectivity index (χ1n) is 6.03. The van der Waals surface area contributed by atoms with Crippen molar-refractivity contribution >= 4 is 34.1 Å². The topological polar surface area (TPSA) is 51.2 Å². The van der Waals surface area contributed by atoms with Gasteiger partial charge in [-0.3, -0.25) is 4.79 Å². The maximum Gasteiger partial charge on any atom is 0.236 e. The van der Waals surface area contributed by atoms with Gasteiger partial charge in [0.25, 0.3) is 0 Å². The molecule has 106 valence electrons. The number of nitrogens with zero attached hydrogens (tertiary/aromatic N) is 1. The van der Waals surface area contributed by atoms with Crippen molar-refractivity contribution in [2.45, 2.75) is 6.92 Å². The normalized spacial score (nSPS) is 10.3. The first-order chi connectivity index (χ1) is 9.63. The van der Waals surface area contributed by atoms with E-state index in [0.717, 1.165) is 22.6 Å². The zero-order valence-corrected chi connectivity index (χ0v) is 13.2. The van der Waals surface area contributed by atoms with Crippen molar-refractivity contribution in [2.24, 2.45) is 0 Å². The smallest absolute Gasteiger partial charge is 0.236 e. The largest absolute Gasteiger partial charge is 0.496 e. The van der Waals surface area contributed by atoms with E-state index in [0.29, 0.717) is 10.9 Å². The zero-order chi connectivity index (χ0) is 14.5. The predicted octanol–water partition coefficient (Wildman–Crippen LogP) is 3.43. The minimum Gasteiger partial charge on any atom is -0.496 e. The third-order valence-electron chi connectivity index (χ3n) is 2.66. The van der Waals surface area contributed by atoms with E-state index in [1.165, 1.54) is 23.1 Å². The van der Waals surface area contributed by atoms with Gasteiger partial charge in [0.1, 0.15) is 5.75 Å². The molecule has 0 aliphatic heterocycles. The molecule has 0 aliphatic carbocycles. The van der Waals surface area contributed by atoms with Gasteiger partial charge >= 0.3 is 0 Å². The number of carbonyl (C=O) groups is 1. The summed E-state index contributed by atoms with van der Waals surface area (Å²) in [5.41, 5.74) is 2.89. The van der Waals surface area contributed by atoms with Crippen LogP contribution in [-0.2, 0) is 4.79 Å². The number of aryl methyl sites for hydroxylation is 1. The average Bonchev–Trinajstić information content (AvgIpc) is 2.87. The fourth-order valence-electron chi connectivity index (χ4n) is 1.76. The summed E-state index contributed by atoms with van der Waals surface area (Å²) >= 11 is 2.90. The summed E-state index contributed by atoms with van der Waals surface area (Å²) in [6.07, 6.45) is 1.89. The van der Waals surface area contributed by atoms with Gasteiger partial charge in [0.15, 0.2) is 5.13 Å². The molecule has 0 atom stereocenters. The molecular formula is C14H16N2O2S2. The Hall–Kier alpha value is -1.53. The SMILES string of the molecule is COc1ccc(C)cc1-c1csc(NC(=O)CSC)n1. The first kappa shape index (κ1) is 14.9. The highest BCUT2D eigenvalue weighted by Crippen LogP contribution is 2.32. The molecule has 0 unspecified atom stereocenters. The van der Waals surface area contributed by atoms with Gasteiger partial charge in [-0.15, -0.1) is 11.3 Å². The number of rotatable bonds is 5. The van der Waals surface area contributed by atoms with Gasteiger partial charge in [0.05, 0.1) is 18.6 Å². The molecule has 2 aromatic rings. The van der Waals surface area contributed by atoms with Crippen LogP contribution in [0.4, 0.5) is 5.13 Å². The molecule has 0 spiro atoms. The van der Waals surface area contributed by atoms with Crippen LogP contribution < -0.4 is 10.1 Å². The van der Waals surface area contributed by atoms with Crippen molar-refractivity contribution in [3.8, 4) is 17.0 Å². The summed E-state index contributed by atoms with van der Waals surface area (Å²) in [6.45, 7) is 2.02. The number of benzene rings is 1. The van der Waals surface area contributed by atoms with Gasteiger partial charge in [0, 0.05) is 10.9 Å². The van der Waals surface area contributed by atoms with Crippen LogP contribution in [0, 0.1) is 6.92 Å². The van der Waals surface area contributed by atoms with Gasteiger partial charge in [-0.1, -0.05) is 11.6 Å². The minimum absolute atomic E-state index is 0.0328. The molecule has 1 amide bonds. The Bertz CT molecular complexity index is 611. The number of nitrogens with one attached hydrogen (secondary N) is 1. The molecule has 1 N–H and O–H groups in total. The van der Waals surface area contributed by atoms with Crippen LogP contribution in [0.1, 0.15) is 5.56 Å². The molecule has 0 aliphatic rings. The maximum atomic E-state index is 11.5. The predicted molar refractivity (Wildman–Crippen MR) is 85.9 cm³/mol. The van der Waals surface area contributed by atoms with Crippen molar-refractivity contribution in [3.05, 3.63) is 29.1 Å². The highest BCUT2D eigenvalue weighted by atomic mass is 32.2. The Balaban J connectivity index is 2.24. The van der Waals surface area contributed by atoms with E-state index in [9.17, 15) is 4.79 Å². The number of thiazole rings is 1. The zero-order valence-electron chi connectivity index (χ0n) is 11.6. The third-order valence-corrected chi connectivity index (χ3v) is 3.97. The van der Waals surface area contributed by atoms with Crippen molar-refractivity contribution in [2.75, 3.05) is 24.4 Å². The summed E-state index contributed by atoms with van der Waals surface area (Å²) in [7, 11) is 1.64. The molecule has 0 saturated carbocycles. The van der Waals surface area contributed by atoms with Gasteiger partial charge in [-0.25, -0.2) is 4.98 Å². The summed E-state index contributed by atoms with van der Waals surface area (Å²) in [6, 6.07) is 5.95. The molecule has 1 aromatic carbocycles. The Labute approximate surface area is 126 Å². The van der Waals surface area contributed by atoms with E-state index in [2.05, 4.69) is 10.3 Å². The lowest BCUT2D eigenvalue weighted by atomic mass is 10.1. The third kappa shape index (κ3) is 3.52. The van der Waals surface area contributed by atoms with Gasteiger partial charge < -0.3 is 10.1 Å². The van der Waals surface area contributed by atoms with Gasteiger partial charge in [-0.2, -0.15) is 11.8 Å². The minimum atomic E-state index is -0.0328. The number of hydrogen-bond acceptors (Lipinski definition) is 5. The van der Waals surface area contributed by atoms with Crippen LogP contribution >= 0.6 is 23.1 Å². The molecule has 1 aromatic heterocycles. The molecule has 0 saturated heterocycles. The number of methoxy groups -OCH3 is 1. The number of aromatic nitrogens is 1. The monoisotopic (exact) mass is 308 g/mol. The average molecular weight is 308 g/mol. The standard InChI is InChI=1S/C14H16N2O2S2/c1-9-4-5-12(18-2)10(6-9)11-7-20-14(15-11)16-13(17)8-19-3/h4-7H,8H2,1-3H3,(H,15,16,17). The second kappa shape index (κ2) is 6.76. The van der Waals surface area contributed by atoms with Gasteiger partial charge in [-0.05, 0) is 25.3 Å². The summed E-state index contributed by atoms with van der Waals surface area (Å²) in [4.78, 5) is 16.0. The molecular weight excluding hydrogens is 292 g/mol. The van der Waals surface area contributed by atoms with Crippen LogP contribution in [0.25, 0.3) is 11.3 Å². The first-order valence-corrected chi connectivity index (χ1v) is 8.30. The molecule has 0 fully saturated rings. The molecule has 1 heterocycles. The highest BCUT2D eigenvalue weighted by molar-refractivity contribution is 7.99. The van der Waals surface area contributed by atoms with E-state index in [1.807, 2.05) is 36.8 Å². The van der Waals surface area contributed by atoms with E-state index < -0.39 is 0 Å². The van der Waals surface area contributed by atoms with Crippen molar-refractivity contribution in [3.63, 3.8) is 0 Å². The number of carbonyl (C=O) groups excluding carboxylic acids is 1. The second-order valence-corrected chi connectivity index (χ2v) is 5.95. The Kier molecular flexibility index (Phi) is 5.03. The van der Waals surface area contributed by atoms with E-state index in [-0.39, 0.29) is 5.91 Å². The Morgan fingerprint density at radius 1 is 1.50 bits per heavy atom. The van der Waals surface area contributed by atoms with Crippen LogP contribution in [0.15, 0.2) is 23.6 Å². The summed E-state index contributed by atoms with van der Waals surface area (Å²) < 4.78 is 5.36. The molecule has 0 radical (unpaired) electrons. The number of thioether (sulfide) groups is 1. The molecule has 6 heteroatoms. The second-order valence-electron chi connectivity index (χ2n) is 4.22. The molecule has 4 nitrogen and oxygen atoms in total. The van der Waals surface area contributed by atoms with E-state index >= 15 is 0 Å². The van der Waals surface area contributed by atoms with Crippen molar-refractivity contribution < 1.29 is 9.53 Å². The summed E-state index contributed by atoms with van der Waals surface area (Å²) in [5, 5.41) is 5.33. The van der Waals surface area contributed by atoms with Crippen molar-refractivity contribution in [1.29, 1.82) is 0 Å². The quantitative estimate of drug-likeness (QED) is 0.919. The van der Waals surface area contributed by atoms with Crippen LogP contribution in [0.3, 0.4) is 0 Å². The van der Waals surface area contributed by atoms with E-state index in [4.69, 9.17) is 4.74 Å². The number of ether oxygens (including phenoxy) is 1. The fourth-order valence-corrected chi connectivity index (χ4v) is 2.82. The van der Waals surface area contributed by atoms with E-state index in [1.54, 1.807) is 7.11 Å². The maximum absolute atomic E-state index is 11.5. The van der Waals surface area contributed by atoms with Crippen LogP contribution in [0.2, 0.25) is 0 Å². The Morgan fingerprint density at radius 2 is 2.30 bits per heavy atom. The molecule has 20 heavy (non-hydrogen) atoms. The number of hydrogen-bond donors (Lipinski definition) is 1. The lowest BCUT2D eigenvalue weighted by Gasteiger charge is -2.07. The lowest BCUT2D eigenvalue weighted by Crippen LogP contribution is -2.13. The summed E-state index contributed by atoms with van der Waals surface area (Å²) in [5.74, 6) is 1.18.